The molecule has 5 heteroatoms. The van der Waals surface area contributed by atoms with E-state index >= 15 is 0 Å². The van der Waals surface area contributed by atoms with Gasteiger partial charge in [0.05, 0.1) is 12.2 Å². The zero-order valence-corrected chi connectivity index (χ0v) is 12.7. The minimum atomic E-state index is -0.0906. The number of hydrogen-bond donors (Lipinski definition) is 1. The maximum atomic E-state index is 12.1. The Bertz CT molecular complexity index is 575. The Hall–Kier alpha value is -2.01. The summed E-state index contributed by atoms with van der Waals surface area (Å²) in [5.74, 6) is 0.757. The van der Waals surface area contributed by atoms with Gasteiger partial charge >= 0.3 is 0 Å². The maximum Gasteiger partial charge on any atom is 0.254 e. The second-order valence-electron chi connectivity index (χ2n) is 4.33. The molecule has 0 bridgehead atoms. The van der Waals surface area contributed by atoms with Crippen LogP contribution in [0.5, 0.6) is 5.75 Å². The summed E-state index contributed by atoms with van der Waals surface area (Å²) in [4.78, 5) is 16.2. The van der Waals surface area contributed by atoms with Crippen molar-refractivity contribution in [2.24, 2.45) is 0 Å². The number of hydrogen-bond acceptors (Lipinski definition) is 4. The Morgan fingerprint density at radius 1 is 1.24 bits per heavy atom. The monoisotopic (exact) mass is 302 g/mol. The lowest BCUT2D eigenvalue weighted by Gasteiger charge is -2.08. The van der Waals surface area contributed by atoms with Gasteiger partial charge in [0.15, 0.2) is 0 Å². The van der Waals surface area contributed by atoms with E-state index in [1.807, 2.05) is 36.6 Å². The normalized spacial score (nSPS) is 10.1. The summed E-state index contributed by atoms with van der Waals surface area (Å²) in [6, 6.07) is 13.2. The van der Waals surface area contributed by atoms with E-state index in [4.69, 9.17) is 4.74 Å². The number of carbonyl (C=O) groups is 1. The first-order valence-corrected chi connectivity index (χ1v) is 7.99. The van der Waals surface area contributed by atoms with E-state index in [1.54, 1.807) is 18.3 Å². The van der Waals surface area contributed by atoms with Gasteiger partial charge in [-0.2, -0.15) is 0 Å². The van der Waals surface area contributed by atoms with E-state index in [9.17, 15) is 4.79 Å². The molecule has 0 unspecified atom stereocenters. The number of nitrogens with zero attached hydrogens (tertiary/aromatic N) is 1. The first-order valence-electron chi connectivity index (χ1n) is 6.76. The summed E-state index contributed by atoms with van der Waals surface area (Å²) in [6.45, 7) is 1.15. The molecular weight excluding hydrogens is 284 g/mol. The van der Waals surface area contributed by atoms with Crippen molar-refractivity contribution in [3.63, 3.8) is 0 Å². The molecule has 0 aliphatic carbocycles. The third kappa shape index (κ3) is 4.79. The number of nitrogens with one attached hydrogen (secondary N) is 1. The summed E-state index contributed by atoms with van der Waals surface area (Å²) < 4.78 is 5.57. The molecule has 0 spiro atoms. The highest BCUT2D eigenvalue weighted by Crippen LogP contribution is 2.16. The fourth-order valence-corrected chi connectivity index (χ4v) is 2.35. The summed E-state index contributed by atoms with van der Waals surface area (Å²) >= 11 is 1.47. The minimum Gasteiger partial charge on any atom is -0.494 e. The van der Waals surface area contributed by atoms with Crippen LogP contribution in [0.25, 0.3) is 0 Å². The zero-order chi connectivity index (χ0) is 14.9. The highest BCUT2D eigenvalue weighted by atomic mass is 32.2. The Balaban J connectivity index is 1.72. The first kappa shape index (κ1) is 15.4. The van der Waals surface area contributed by atoms with Crippen molar-refractivity contribution in [1.29, 1.82) is 0 Å². The molecule has 1 amide bonds. The second kappa shape index (κ2) is 8.32. The molecule has 0 aliphatic heterocycles. The molecule has 0 saturated carbocycles. The van der Waals surface area contributed by atoms with Gasteiger partial charge in [-0.3, -0.25) is 4.79 Å². The third-order valence-electron chi connectivity index (χ3n) is 2.83. The van der Waals surface area contributed by atoms with Crippen molar-refractivity contribution < 1.29 is 9.53 Å². The smallest absolute Gasteiger partial charge is 0.254 e. The predicted octanol–water partition coefficient (Wildman–Crippen LogP) is 3.00. The second-order valence-corrected chi connectivity index (χ2v) is 5.13. The van der Waals surface area contributed by atoms with E-state index in [1.165, 1.54) is 11.8 Å². The standard InChI is InChI=1S/C16H18N2O2S/c1-21-16-14(9-5-10-18-16)15(19)17-11-6-12-20-13-7-3-2-4-8-13/h2-5,7-10H,6,11-12H2,1H3,(H,17,19). The quantitative estimate of drug-likeness (QED) is 0.631. The fourth-order valence-electron chi connectivity index (χ4n) is 1.80. The van der Waals surface area contributed by atoms with Crippen LogP contribution >= 0.6 is 11.8 Å². The van der Waals surface area contributed by atoms with E-state index in [2.05, 4.69) is 10.3 Å². The van der Waals surface area contributed by atoms with Crippen molar-refractivity contribution in [3.8, 4) is 5.75 Å². The molecule has 2 aromatic rings. The Morgan fingerprint density at radius 2 is 2.05 bits per heavy atom. The van der Waals surface area contributed by atoms with Crippen LogP contribution in [0.15, 0.2) is 53.7 Å². The molecule has 0 aliphatic rings. The lowest BCUT2D eigenvalue weighted by Crippen LogP contribution is -2.26. The number of ether oxygens (including phenoxy) is 1. The van der Waals surface area contributed by atoms with Crippen LogP contribution in [0, 0.1) is 0 Å². The van der Waals surface area contributed by atoms with Gasteiger partial charge in [0, 0.05) is 12.7 Å². The van der Waals surface area contributed by atoms with Crippen LogP contribution in [0.2, 0.25) is 0 Å². The molecule has 1 heterocycles. The maximum absolute atomic E-state index is 12.1. The number of amides is 1. The van der Waals surface area contributed by atoms with Crippen molar-refractivity contribution in [2.75, 3.05) is 19.4 Å². The van der Waals surface area contributed by atoms with Gasteiger partial charge in [-0.25, -0.2) is 4.98 Å². The molecule has 0 radical (unpaired) electrons. The first-order chi connectivity index (χ1) is 10.3. The molecule has 21 heavy (non-hydrogen) atoms. The molecule has 0 fully saturated rings. The van der Waals surface area contributed by atoms with Crippen molar-refractivity contribution in [1.82, 2.24) is 10.3 Å². The van der Waals surface area contributed by atoms with E-state index in [0.29, 0.717) is 18.7 Å². The molecule has 1 aromatic heterocycles. The Morgan fingerprint density at radius 3 is 2.81 bits per heavy atom. The van der Waals surface area contributed by atoms with Gasteiger partial charge in [0.1, 0.15) is 10.8 Å². The van der Waals surface area contributed by atoms with E-state index in [-0.39, 0.29) is 5.91 Å². The molecule has 110 valence electrons. The van der Waals surface area contributed by atoms with Crippen LogP contribution in [0.3, 0.4) is 0 Å². The molecule has 1 aromatic carbocycles. The number of thioether (sulfide) groups is 1. The number of carbonyl (C=O) groups excluding carboxylic acids is 1. The van der Waals surface area contributed by atoms with Crippen LogP contribution in [0.4, 0.5) is 0 Å². The molecule has 2 rings (SSSR count). The van der Waals surface area contributed by atoms with Gasteiger partial charge in [0.2, 0.25) is 0 Å². The number of aromatic nitrogens is 1. The van der Waals surface area contributed by atoms with Gasteiger partial charge in [-0.05, 0) is 36.9 Å². The number of benzene rings is 1. The SMILES string of the molecule is CSc1ncccc1C(=O)NCCCOc1ccccc1. The van der Waals surface area contributed by atoms with Crippen molar-refractivity contribution in [2.45, 2.75) is 11.4 Å². The van der Waals surface area contributed by atoms with Gasteiger partial charge in [0.25, 0.3) is 5.91 Å². The number of pyridine rings is 1. The molecular formula is C16H18N2O2S. The average Bonchev–Trinajstić information content (AvgIpc) is 2.55. The van der Waals surface area contributed by atoms with Crippen molar-refractivity contribution in [3.05, 3.63) is 54.2 Å². The summed E-state index contributed by atoms with van der Waals surface area (Å²) in [7, 11) is 0. The Kier molecular flexibility index (Phi) is 6.09. The topological polar surface area (TPSA) is 51.2 Å². The van der Waals surface area contributed by atoms with Crippen molar-refractivity contribution >= 4 is 17.7 Å². The van der Waals surface area contributed by atoms with Crippen LogP contribution < -0.4 is 10.1 Å². The lowest BCUT2D eigenvalue weighted by atomic mass is 10.2. The minimum absolute atomic E-state index is 0.0906. The highest BCUT2D eigenvalue weighted by Gasteiger charge is 2.10. The molecule has 0 saturated heterocycles. The third-order valence-corrected chi connectivity index (χ3v) is 3.54. The fraction of sp³-hybridized carbons (Fsp3) is 0.250. The summed E-state index contributed by atoms with van der Waals surface area (Å²) in [5, 5.41) is 3.63. The van der Waals surface area contributed by atoms with E-state index < -0.39 is 0 Å². The van der Waals surface area contributed by atoms with Gasteiger partial charge in [-0.15, -0.1) is 11.8 Å². The Labute approximate surface area is 128 Å². The average molecular weight is 302 g/mol. The number of para-hydroxylation sites is 1. The van der Waals surface area contributed by atoms with Crippen LogP contribution in [-0.4, -0.2) is 30.3 Å². The van der Waals surface area contributed by atoms with E-state index in [0.717, 1.165) is 17.2 Å². The zero-order valence-electron chi connectivity index (χ0n) is 11.9. The largest absolute Gasteiger partial charge is 0.494 e. The van der Waals surface area contributed by atoms with Crippen LogP contribution in [0.1, 0.15) is 16.8 Å². The molecule has 4 nitrogen and oxygen atoms in total. The van der Waals surface area contributed by atoms with Gasteiger partial charge < -0.3 is 10.1 Å². The lowest BCUT2D eigenvalue weighted by molar-refractivity contribution is 0.0948. The summed E-state index contributed by atoms with van der Waals surface area (Å²) in [6.07, 6.45) is 4.36. The van der Waals surface area contributed by atoms with Crippen LogP contribution in [-0.2, 0) is 0 Å². The molecule has 0 atom stereocenters. The highest BCUT2D eigenvalue weighted by molar-refractivity contribution is 7.98. The summed E-state index contributed by atoms with van der Waals surface area (Å²) in [5.41, 5.74) is 0.619. The molecule has 1 N–H and O–H groups in total. The van der Waals surface area contributed by atoms with Gasteiger partial charge in [-0.1, -0.05) is 18.2 Å². The predicted molar refractivity (Wildman–Crippen MR) is 84.9 cm³/mol. The number of rotatable bonds is 7.